The smallest absolute Gasteiger partial charge is 0.340 e. The van der Waals surface area contributed by atoms with Crippen molar-refractivity contribution in [1.82, 2.24) is 4.98 Å². The SMILES string of the molecule is CCOC(=O)c1c(C)nc(C)c(C(=O)OCC)c1-c1cc(Br)c(OCc2ccc(Cl)cc2Cl)c(OC)c1. The van der Waals surface area contributed by atoms with Gasteiger partial charge in [0, 0.05) is 21.2 Å². The number of benzene rings is 2. The number of nitrogens with zero attached hydrogens (tertiary/aromatic N) is 1. The number of hydrogen-bond acceptors (Lipinski definition) is 7. The molecule has 0 unspecified atom stereocenters. The first-order valence-electron chi connectivity index (χ1n) is 11.4. The quantitative estimate of drug-likeness (QED) is 0.234. The molecular weight excluding hydrogens is 585 g/mol. The largest absolute Gasteiger partial charge is 0.493 e. The van der Waals surface area contributed by atoms with Crippen LogP contribution in [0.25, 0.3) is 11.1 Å². The van der Waals surface area contributed by atoms with Crippen molar-refractivity contribution in [2.24, 2.45) is 0 Å². The minimum atomic E-state index is -0.596. The van der Waals surface area contributed by atoms with Gasteiger partial charge in [0.1, 0.15) is 6.61 Å². The van der Waals surface area contributed by atoms with Crippen molar-refractivity contribution in [2.75, 3.05) is 20.3 Å². The van der Waals surface area contributed by atoms with E-state index in [4.69, 9.17) is 42.1 Å². The van der Waals surface area contributed by atoms with Crippen LogP contribution >= 0.6 is 39.1 Å². The van der Waals surface area contributed by atoms with Crippen molar-refractivity contribution in [1.29, 1.82) is 0 Å². The van der Waals surface area contributed by atoms with Gasteiger partial charge in [-0.15, -0.1) is 0 Å². The highest BCUT2D eigenvalue weighted by atomic mass is 79.9. The molecule has 0 aliphatic heterocycles. The first-order valence-corrected chi connectivity index (χ1v) is 13.0. The molecule has 0 saturated heterocycles. The van der Waals surface area contributed by atoms with E-state index < -0.39 is 11.9 Å². The summed E-state index contributed by atoms with van der Waals surface area (Å²) in [6.07, 6.45) is 0. The Kier molecular flexibility index (Phi) is 9.81. The second-order valence-corrected chi connectivity index (χ2v) is 9.56. The van der Waals surface area contributed by atoms with Gasteiger partial charge in [-0.05, 0) is 73.5 Å². The first-order chi connectivity index (χ1) is 17.6. The predicted molar refractivity (Wildman–Crippen MR) is 146 cm³/mol. The molecule has 0 atom stereocenters. The molecule has 37 heavy (non-hydrogen) atoms. The Labute approximate surface area is 234 Å². The van der Waals surface area contributed by atoms with Crippen LogP contribution in [0.4, 0.5) is 0 Å². The fourth-order valence-corrected chi connectivity index (χ4v) is 4.86. The fraction of sp³-hybridized carbons (Fsp3) is 0.296. The Morgan fingerprint density at radius 3 is 2.05 bits per heavy atom. The van der Waals surface area contributed by atoms with Crippen LogP contribution in [-0.4, -0.2) is 37.2 Å². The molecule has 0 spiro atoms. The normalized spacial score (nSPS) is 10.7. The maximum absolute atomic E-state index is 13.0. The molecule has 0 N–H and O–H groups in total. The van der Waals surface area contributed by atoms with Crippen molar-refractivity contribution in [2.45, 2.75) is 34.3 Å². The zero-order valence-electron chi connectivity index (χ0n) is 21.0. The van der Waals surface area contributed by atoms with E-state index in [0.717, 1.165) is 5.56 Å². The fourth-order valence-electron chi connectivity index (χ4n) is 3.84. The number of rotatable bonds is 9. The van der Waals surface area contributed by atoms with Crippen molar-refractivity contribution >= 4 is 51.1 Å². The van der Waals surface area contributed by atoms with E-state index in [1.807, 2.05) is 0 Å². The van der Waals surface area contributed by atoms with Gasteiger partial charge in [-0.25, -0.2) is 9.59 Å². The Bertz CT molecular complexity index is 1300. The lowest BCUT2D eigenvalue weighted by Gasteiger charge is -2.20. The number of halogens is 3. The van der Waals surface area contributed by atoms with Crippen LogP contribution in [0.3, 0.4) is 0 Å². The summed E-state index contributed by atoms with van der Waals surface area (Å²) in [4.78, 5) is 30.5. The molecule has 7 nitrogen and oxygen atoms in total. The highest BCUT2D eigenvalue weighted by molar-refractivity contribution is 9.10. The van der Waals surface area contributed by atoms with E-state index in [2.05, 4.69) is 20.9 Å². The molecule has 0 aliphatic carbocycles. The second kappa shape index (κ2) is 12.6. The van der Waals surface area contributed by atoms with Crippen molar-refractivity contribution in [3.05, 3.63) is 72.9 Å². The number of hydrogen-bond donors (Lipinski definition) is 0. The molecule has 0 aliphatic rings. The Morgan fingerprint density at radius 2 is 1.54 bits per heavy atom. The Morgan fingerprint density at radius 1 is 0.946 bits per heavy atom. The molecule has 196 valence electrons. The number of carbonyl (C=O) groups is 2. The van der Waals surface area contributed by atoms with Crippen LogP contribution in [0.1, 0.15) is 51.5 Å². The minimum Gasteiger partial charge on any atom is -0.493 e. The summed E-state index contributed by atoms with van der Waals surface area (Å²) in [5.74, 6) is -0.414. The lowest BCUT2D eigenvalue weighted by Crippen LogP contribution is -2.17. The van der Waals surface area contributed by atoms with Crippen molar-refractivity contribution in [3.63, 3.8) is 0 Å². The van der Waals surface area contributed by atoms with Crippen LogP contribution in [0.5, 0.6) is 11.5 Å². The monoisotopic (exact) mass is 609 g/mol. The predicted octanol–water partition coefficient (Wildman–Crippen LogP) is 7.38. The lowest BCUT2D eigenvalue weighted by atomic mass is 9.92. The van der Waals surface area contributed by atoms with Gasteiger partial charge >= 0.3 is 11.9 Å². The number of methoxy groups -OCH3 is 1. The molecule has 0 amide bonds. The number of esters is 2. The topological polar surface area (TPSA) is 84.0 Å². The summed E-state index contributed by atoms with van der Waals surface area (Å²) in [6.45, 7) is 7.27. The van der Waals surface area contributed by atoms with Crippen molar-refractivity contribution < 1.29 is 28.5 Å². The number of ether oxygens (including phenoxy) is 4. The number of aromatic nitrogens is 1. The van der Waals surface area contributed by atoms with E-state index >= 15 is 0 Å². The van der Waals surface area contributed by atoms with Gasteiger partial charge in [0.2, 0.25) is 0 Å². The zero-order chi connectivity index (χ0) is 27.3. The van der Waals surface area contributed by atoms with E-state index in [0.29, 0.717) is 48.5 Å². The molecule has 0 bridgehead atoms. The van der Waals surface area contributed by atoms with E-state index in [1.54, 1.807) is 58.0 Å². The third kappa shape index (κ3) is 6.37. The first kappa shape index (κ1) is 28.8. The Hall–Kier alpha value is -2.81. The van der Waals surface area contributed by atoms with E-state index in [-0.39, 0.29) is 30.9 Å². The van der Waals surface area contributed by atoms with Crippen LogP contribution in [0.2, 0.25) is 10.0 Å². The maximum Gasteiger partial charge on any atom is 0.340 e. The van der Waals surface area contributed by atoms with Gasteiger partial charge in [0.05, 0.1) is 47.3 Å². The van der Waals surface area contributed by atoms with Gasteiger partial charge < -0.3 is 18.9 Å². The van der Waals surface area contributed by atoms with E-state index in [1.165, 1.54) is 7.11 Å². The van der Waals surface area contributed by atoms with Gasteiger partial charge in [0.25, 0.3) is 0 Å². The van der Waals surface area contributed by atoms with E-state index in [9.17, 15) is 9.59 Å². The lowest BCUT2D eigenvalue weighted by molar-refractivity contribution is 0.0525. The second-order valence-electron chi connectivity index (χ2n) is 7.86. The molecular formula is C27H26BrCl2NO6. The summed E-state index contributed by atoms with van der Waals surface area (Å²) in [5.41, 5.74) is 2.78. The van der Waals surface area contributed by atoms with Crippen LogP contribution in [0.15, 0.2) is 34.8 Å². The zero-order valence-corrected chi connectivity index (χ0v) is 24.1. The Balaban J connectivity index is 2.19. The third-order valence-corrected chi connectivity index (χ3v) is 6.60. The van der Waals surface area contributed by atoms with Gasteiger partial charge in [-0.1, -0.05) is 29.3 Å². The van der Waals surface area contributed by atoms with Crippen LogP contribution in [-0.2, 0) is 16.1 Å². The number of pyridine rings is 1. The number of aryl methyl sites for hydroxylation is 2. The maximum atomic E-state index is 13.0. The average Bonchev–Trinajstić information content (AvgIpc) is 2.83. The van der Waals surface area contributed by atoms with Gasteiger partial charge in [-0.2, -0.15) is 0 Å². The summed E-state index contributed by atoms with van der Waals surface area (Å²) < 4.78 is 22.8. The molecule has 3 aromatic rings. The highest BCUT2D eigenvalue weighted by Gasteiger charge is 2.29. The molecule has 2 aromatic carbocycles. The average molecular weight is 611 g/mol. The molecule has 10 heteroatoms. The highest BCUT2D eigenvalue weighted by Crippen LogP contribution is 2.43. The summed E-state index contributed by atoms with van der Waals surface area (Å²) in [5, 5.41) is 0.995. The summed E-state index contributed by atoms with van der Waals surface area (Å²) in [7, 11) is 1.50. The molecule has 1 aromatic heterocycles. The third-order valence-electron chi connectivity index (χ3n) is 5.42. The van der Waals surface area contributed by atoms with Crippen molar-refractivity contribution in [3.8, 4) is 22.6 Å². The molecule has 3 rings (SSSR count). The van der Waals surface area contributed by atoms with Crippen LogP contribution < -0.4 is 9.47 Å². The summed E-state index contributed by atoms with van der Waals surface area (Å²) >= 11 is 15.8. The van der Waals surface area contributed by atoms with Gasteiger partial charge in [0.15, 0.2) is 11.5 Å². The van der Waals surface area contributed by atoms with Gasteiger partial charge in [-0.3, -0.25) is 4.98 Å². The number of carbonyl (C=O) groups excluding carboxylic acids is 2. The molecule has 1 heterocycles. The standard InChI is InChI=1S/C27H26BrCl2NO6/c1-6-35-26(32)22-14(3)31-15(4)23(27(33)36-7-2)24(22)17-10-19(28)25(21(11-17)34-5)37-13-16-8-9-18(29)12-20(16)30/h8-12H,6-7,13H2,1-5H3. The van der Waals surface area contributed by atoms with Crippen LogP contribution in [0, 0.1) is 13.8 Å². The molecule has 0 radical (unpaired) electrons. The minimum absolute atomic E-state index is 0.153. The molecule has 0 saturated carbocycles. The summed E-state index contributed by atoms with van der Waals surface area (Å²) in [6, 6.07) is 8.56. The molecule has 0 fully saturated rings.